The van der Waals surface area contributed by atoms with Crippen molar-refractivity contribution in [2.24, 2.45) is 0 Å². The van der Waals surface area contributed by atoms with E-state index < -0.39 is 0 Å². The number of aromatic amines is 1. The lowest BCUT2D eigenvalue weighted by molar-refractivity contribution is 0.0864. The quantitative estimate of drug-likeness (QED) is 0.835. The van der Waals surface area contributed by atoms with Crippen LogP contribution in [-0.4, -0.2) is 35.5 Å². The molecule has 1 saturated carbocycles. The van der Waals surface area contributed by atoms with E-state index in [0.29, 0.717) is 5.54 Å². The average Bonchev–Trinajstić information content (AvgIpc) is 3.07. The molecule has 1 saturated heterocycles. The molecule has 2 aromatic rings. The van der Waals surface area contributed by atoms with E-state index >= 15 is 0 Å². The summed E-state index contributed by atoms with van der Waals surface area (Å²) in [5.74, 6) is 0. The number of aromatic nitrogens is 2. The summed E-state index contributed by atoms with van der Waals surface area (Å²) in [4.78, 5) is 2.53. The van der Waals surface area contributed by atoms with E-state index in [-0.39, 0.29) is 0 Å². The molecule has 1 aromatic heterocycles. The Morgan fingerprint density at radius 2 is 2.28 bits per heavy atom. The van der Waals surface area contributed by atoms with E-state index in [4.69, 9.17) is 4.74 Å². The zero-order valence-electron chi connectivity index (χ0n) is 10.6. The van der Waals surface area contributed by atoms with Crippen molar-refractivity contribution < 1.29 is 4.74 Å². The number of fused-ring (bicyclic) bond motifs is 1. The molecule has 0 unspecified atom stereocenters. The number of benzene rings is 1. The number of nitrogens with zero attached hydrogens (tertiary/aromatic N) is 2. The molecule has 1 spiro atoms. The van der Waals surface area contributed by atoms with Gasteiger partial charge >= 0.3 is 0 Å². The van der Waals surface area contributed by atoms with Gasteiger partial charge < -0.3 is 9.64 Å². The van der Waals surface area contributed by atoms with Crippen molar-refractivity contribution in [3.8, 4) is 0 Å². The molecule has 94 valence electrons. The fraction of sp³-hybridized carbons (Fsp3) is 0.500. The predicted octanol–water partition coefficient (Wildman–Crippen LogP) is 2.24. The molecule has 2 heterocycles. The summed E-state index contributed by atoms with van der Waals surface area (Å²) in [6.07, 6.45) is 2.52. The molecular weight excluding hydrogens is 226 g/mol. The first-order valence-electron chi connectivity index (χ1n) is 6.59. The lowest BCUT2D eigenvalue weighted by Crippen LogP contribution is -2.47. The van der Waals surface area contributed by atoms with Gasteiger partial charge in [-0.3, -0.25) is 5.10 Å². The normalized spacial score (nSPS) is 21.7. The van der Waals surface area contributed by atoms with Gasteiger partial charge in [0.05, 0.1) is 24.3 Å². The monoisotopic (exact) mass is 243 g/mol. The number of hydrogen-bond acceptors (Lipinski definition) is 3. The van der Waals surface area contributed by atoms with Crippen LogP contribution in [0.3, 0.4) is 0 Å². The Hall–Kier alpha value is -1.55. The van der Waals surface area contributed by atoms with Crippen LogP contribution in [-0.2, 0) is 4.74 Å². The summed E-state index contributed by atoms with van der Waals surface area (Å²) < 4.78 is 5.63. The van der Waals surface area contributed by atoms with Crippen LogP contribution in [0.5, 0.6) is 0 Å². The third-order valence-corrected chi connectivity index (χ3v) is 4.27. The molecule has 4 rings (SSSR count). The maximum absolute atomic E-state index is 5.63. The van der Waals surface area contributed by atoms with E-state index in [9.17, 15) is 0 Å². The lowest BCUT2D eigenvalue weighted by Gasteiger charge is -2.38. The smallest absolute Gasteiger partial charge is 0.0925 e. The second-order valence-corrected chi connectivity index (χ2v) is 5.48. The van der Waals surface area contributed by atoms with Gasteiger partial charge in [0.2, 0.25) is 0 Å². The Kier molecular flexibility index (Phi) is 2.01. The fourth-order valence-corrected chi connectivity index (χ4v) is 2.99. The van der Waals surface area contributed by atoms with Crippen LogP contribution < -0.4 is 4.90 Å². The van der Waals surface area contributed by atoms with Gasteiger partial charge in [0.15, 0.2) is 0 Å². The molecule has 1 N–H and O–H groups in total. The van der Waals surface area contributed by atoms with Crippen LogP contribution >= 0.6 is 0 Å². The number of H-pyrrole nitrogens is 1. The summed E-state index contributed by atoms with van der Waals surface area (Å²) in [5.41, 5.74) is 3.80. The maximum Gasteiger partial charge on any atom is 0.0925 e. The van der Waals surface area contributed by atoms with Crippen molar-refractivity contribution in [2.45, 2.75) is 25.3 Å². The van der Waals surface area contributed by atoms with Gasteiger partial charge in [-0.25, -0.2) is 0 Å². The molecule has 0 amide bonds. The number of anilines is 1. The lowest BCUT2D eigenvalue weighted by atomic mass is 10.1. The standard InChI is InChI=1S/C14H17N3O/c1-10-12-8-11(2-3-13(12)16-15-10)17-6-7-18-9-14(17)4-5-14/h2-3,8H,4-7,9H2,1H3,(H,15,16). The molecular formula is C14H17N3O. The summed E-state index contributed by atoms with van der Waals surface area (Å²) in [6, 6.07) is 6.56. The zero-order chi connectivity index (χ0) is 12.2. The second-order valence-electron chi connectivity index (χ2n) is 5.48. The maximum atomic E-state index is 5.63. The molecule has 2 aliphatic rings. The highest BCUT2D eigenvalue weighted by Crippen LogP contribution is 2.46. The highest BCUT2D eigenvalue weighted by atomic mass is 16.5. The summed E-state index contributed by atoms with van der Waals surface area (Å²) in [5, 5.41) is 8.57. The van der Waals surface area contributed by atoms with Crippen molar-refractivity contribution in [1.82, 2.24) is 10.2 Å². The third-order valence-electron chi connectivity index (χ3n) is 4.27. The Bertz CT molecular complexity index is 600. The molecule has 4 heteroatoms. The first-order valence-corrected chi connectivity index (χ1v) is 6.59. The Labute approximate surface area is 106 Å². The van der Waals surface area contributed by atoms with E-state index in [0.717, 1.165) is 31.0 Å². The van der Waals surface area contributed by atoms with Crippen molar-refractivity contribution in [3.63, 3.8) is 0 Å². The van der Waals surface area contributed by atoms with Crippen LogP contribution in [0.1, 0.15) is 18.5 Å². The van der Waals surface area contributed by atoms with E-state index in [2.05, 4.69) is 40.2 Å². The molecule has 1 aromatic carbocycles. The van der Waals surface area contributed by atoms with Crippen LogP contribution in [0.25, 0.3) is 10.9 Å². The molecule has 0 atom stereocenters. The SMILES string of the molecule is Cc1[nH]nc2ccc(N3CCOCC34CC4)cc12. The van der Waals surface area contributed by atoms with Crippen LogP contribution in [0.4, 0.5) is 5.69 Å². The minimum absolute atomic E-state index is 0.295. The molecule has 4 nitrogen and oxygen atoms in total. The van der Waals surface area contributed by atoms with Gasteiger partial charge in [-0.05, 0) is 38.0 Å². The zero-order valence-corrected chi connectivity index (χ0v) is 10.6. The molecule has 2 fully saturated rings. The predicted molar refractivity (Wildman–Crippen MR) is 71.0 cm³/mol. The van der Waals surface area contributed by atoms with Crippen molar-refractivity contribution in [2.75, 3.05) is 24.7 Å². The van der Waals surface area contributed by atoms with Gasteiger partial charge in [0, 0.05) is 23.3 Å². The number of morpholine rings is 1. The van der Waals surface area contributed by atoms with Crippen LogP contribution in [0.2, 0.25) is 0 Å². The number of rotatable bonds is 1. The average molecular weight is 243 g/mol. The fourth-order valence-electron chi connectivity index (χ4n) is 2.99. The van der Waals surface area contributed by atoms with Crippen LogP contribution in [0.15, 0.2) is 18.2 Å². The minimum Gasteiger partial charge on any atom is -0.377 e. The Morgan fingerprint density at radius 1 is 1.39 bits per heavy atom. The van der Waals surface area contributed by atoms with E-state index in [1.54, 1.807) is 0 Å². The molecule has 0 bridgehead atoms. The largest absolute Gasteiger partial charge is 0.377 e. The number of ether oxygens (including phenoxy) is 1. The minimum atomic E-state index is 0.295. The molecule has 1 aliphatic heterocycles. The second kappa shape index (κ2) is 3.48. The van der Waals surface area contributed by atoms with Crippen molar-refractivity contribution in [1.29, 1.82) is 0 Å². The van der Waals surface area contributed by atoms with E-state index in [1.165, 1.54) is 23.9 Å². The number of hydrogen-bond donors (Lipinski definition) is 1. The van der Waals surface area contributed by atoms with Gasteiger partial charge in [-0.15, -0.1) is 0 Å². The van der Waals surface area contributed by atoms with Crippen molar-refractivity contribution >= 4 is 16.6 Å². The third kappa shape index (κ3) is 1.38. The van der Waals surface area contributed by atoms with E-state index in [1.807, 2.05) is 0 Å². The summed E-state index contributed by atoms with van der Waals surface area (Å²) in [7, 11) is 0. The first-order chi connectivity index (χ1) is 8.78. The van der Waals surface area contributed by atoms with Crippen molar-refractivity contribution in [3.05, 3.63) is 23.9 Å². The Morgan fingerprint density at radius 3 is 3.11 bits per heavy atom. The van der Waals surface area contributed by atoms with Crippen LogP contribution in [0, 0.1) is 6.92 Å². The van der Waals surface area contributed by atoms with Gasteiger partial charge in [-0.2, -0.15) is 5.10 Å². The van der Waals surface area contributed by atoms with Gasteiger partial charge in [-0.1, -0.05) is 0 Å². The van der Waals surface area contributed by atoms with Gasteiger partial charge in [0.25, 0.3) is 0 Å². The number of nitrogens with one attached hydrogen (secondary N) is 1. The summed E-state index contributed by atoms with van der Waals surface area (Å²) >= 11 is 0. The highest BCUT2D eigenvalue weighted by Gasteiger charge is 2.50. The first kappa shape index (κ1) is 10.4. The Balaban J connectivity index is 1.79. The topological polar surface area (TPSA) is 41.2 Å². The molecule has 1 aliphatic carbocycles. The summed E-state index contributed by atoms with van der Waals surface area (Å²) in [6.45, 7) is 4.80. The van der Waals surface area contributed by atoms with Gasteiger partial charge in [0.1, 0.15) is 0 Å². The number of aryl methyl sites for hydroxylation is 1. The highest BCUT2D eigenvalue weighted by molar-refractivity contribution is 5.85. The molecule has 0 radical (unpaired) electrons. The molecule has 18 heavy (non-hydrogen) atoms.